The monoisotopic (exact) mass is 450 g/mol. The van der Waals surface area contributed by atoms with Crippen molar-refractivity contribution in [2.75, 3.05) is 19.7 Å². The van der Waals surface area contributed by atoms with Crippen LogP contribution in [-0.4, -0.2) is 51.2 Å². The summed E-state index contributed by atoms with van der Waals surface area (Å²) in [4.78, 5) is 23.2. The van der Waals surface area contributed by atoms with Crippen molar-refractivity contribution in [3.8, 4) is 11.4 Å². The topological polar surface area (TPSA) is 81.4 Å². The van der Waals surface area contributed by atoms with Gasteiger partial charge in [0.2, 0.25) is 17.6 Å². The quantitative estimate of drug-likeness (QED) is 0.588. The maximum absolute atomic E-state index is 13.4. The van der Waals surface area contributed by atoms with Crippen LogP contribution in [0.4, 0.5) is 4.39 Å². The van der Waals surface area contributed by atoms with E-state index in [1.165, 1.54) is 12.1 Å². The fourth-order valence-electron chi connectivity index (χ4n) is 4.95. The molecule has 5 rings (SSSR count). The predicted octanol–water partition coefficient (Wildman–Crippen LogP) is 3.84. The summed E-state index contributed by atoms with van der Waals surface area (Å²) in [6, 6.07) is 9.98. The number of amides is 1. The van der Waals surface area contributed by atoms with Crippen molar-refractivity contribution in [2.24, 2.45) is 5.92 Å². The van der Waals surface area contributed by atoms with Crippen LogP contribution in [0.5, 0.6) is 0 Å². The van der Waals surface area contributed by atoms with E-state index in [4.69, 9.17) is 9.26 Å². The van der Waals surface area contributed by atoms with Crippen LogP contribution in [0.3, 0.4) is 0 Å². The fourth-order valence-corrected chi connectivity index (χ4v) is 4.95. The molecular formula is C25H27FN4O3. The lowest BCUT2D eigenvalue weighted by molar-refractivity contribution is -0.146. The number of likely N-dealkylation sites (tertiary alicyclic amines) is 1. The normalized spacial score (nSPS) is 20.2. The molecule has 172 valence electrons. The van der Waals surface area contributed by atoms with Crippen LogP contribution in [0.2, 0.25) is 0 Å². The number of piperidine rings is 1. The number of carbonyl (C=O) groups is 1. The average Bonchev–Trinajstić information content (AvgIpc) is 3.29. The van der Waals surface area contributed by atoms with Crippen LogP contribution in [0.25, 0.3) is 11.4 Å². The second-order valence-corrected chi connectivity index (χ2v) is 9.03. The summed E-state index contributed by atoms with van der Waals surface area (Å²) < 4.78 is 25.2. The second-order valence-electron chi connectivity index (χ2n) is 9.03. The number of pyridine rings is 1. The van der Waals surface area contributed by atoms with Gasteiger partial charge in [-0.25, -0.2) is 4.39 Å². The Hall–Kier alpha value is -3.13. The first-order chi connectivity index (χ1) is 16.1. The number of benzene rings is 1. The molecule has 1 spiro atoms. The fraction of sp³-hybridized carbons (Fsp3) is 0.440. The molecule has 0 bridgehead atoms. The van der Waals surface area contributed by atoms with Gasteiger partial charge in [-0.05, 0) is 61.4 Å². The highest BCUT2D eigenvalue weighted by molar-refractivity contribution is 5.78. The molecule has 2 saturated heterocycles. The molecule has 2 aliphatic heterocycles. The summed E-state index contributed by atoms with van der Waals surface area (Å²) in [7, 11) is 0. The number of halogens is 1. The molecule has 0 N–H and O–H groups in total. The van der Waals surface area contributed by atoms with Crippen LogP contribution < -0.4 is 0 Å². The van der Waals surface area contributed by atoms with Crippen molar-refractivity contribution in [2.45, 2.75) is 44.1 Å². The Balaban J connectivity index is 1.16. The smallest absolute Gasteiger partial charge is 0.227 e. The zero-order valence-corrected chi connectivity index (χ0v) is 18.5. The molecule has 2 fully saturated rings. The van der Waals surface area contributed by atoms with Gasteiger partial charge in [0.15, 0.2) is 0 Å². The van der Waals surface area contributed by atoms with E-state index in [0.717, 1.165) is 37.7 Å². The molecule has 1 amide bonds. The third-order valence-electron chi connectivity index (χ3n) is 6.74. The van der Waals surface area contributed by atoms with Crippen molar-refractivity contribution < 1.29 is 18.4 Å². The number of hydrogen-bond acceptors (Lipinski definition) is 6. The summed E-state index contributed by atoms with van der Waals surface area (Å²) in [5, 5.41) is 4.11. The first-order valence-corrected chi connectivity index (χ1v) is 11.5. The SMILES string of the molecule is O=C(Cc1cccc(F)c1)N1CCC2(CC1)CC(Cc1nc(-c3ccncc3)no1)CCO2. The molecule has 1 atom stereocenters. The molecule has 3 aromatic rings. The number of rotatable bonds is 5. The molecule has 2 aromatic heterocycles. The highest BCUT2D eigenvalue weighted by Crippen LogP contribution is 2.39. The Morgan fingerprint density at radius 3 is 2.79 bits per heavy atom. The van der Waals surface area contributed by atoms with E-state index < -0.39 is 0 Å². The molecule has 0 saturated carbocycles. The Morgan fingerprint density at radius 2 is 2.00 bits per heavy atom. The van der Waals surface area contributed by atoms with Crippen LogP contribution in [-0.2, 0) is 22.4 Å². The minimum absolute atomic E-state index is 0.0392. The average molecular weight is 451 g/mol. The number of hydrogen-bond donors (Lipinski definition) is 0. The van der Waals surface area contributed by atoms with Gasteiger partial charge >= 0.3 is 0 Å². The lowest BCUT2D eigenvalue weighted by atomic mass is 9.78. The van der Waals surface area contributed by atoms with Crippen LogP contribution in [0.15, 0.2) is 53.3 Å². The van der Waals surface area contributed by atoms with E-state index in [9.17, 15) is 9.18 Å². The Morgan fingerprint density at radius 1 is 1.18 bits per heavy atom. The first kappa shape index (κ1) is 21.7. The standard InChI is InChI=1S/C25H27FN4O3/c26-21-3-1-2-18(14-21)16-23(31)30-11-7-25(8-12-30)17-19(6-13-32-25)15-22-28-24(29-33-22)20-4-9-27-10-5-20/h1-5,9-10,14,19H,6-8,11-13,15-17H2. The highest BCUT2D eigenvalue weighted by atomic mass is 19.1. The number of aromatic nitrogens is 3. The largest absolute Gasteiger partial charge is 0.375 e. The van der Waals surface area contributed by atoms with Gasteiger partial charge in [0.05, 0.1) is 12.0 Å². The van der Waals surface area contributed by atoms with Crippen molar-refractivity contribution in [1.82, 2.24) is 20.0 Å². The number of nitrogens with zero attached hydrogens (tertiary/aromatic N) is 4. The van der Waals surface area contributed by atoms with E-state index in [0.29, 0.717) is 42.9 Å². The van der Waals surface area contributed by atoms with E-state index in [1.54, 1.807) is 24.5 Å². The third kappa shape index (κ3) is 5.11. The van der Waals surface area contributed by atoms with Crippen molar-refractivity contribution in [1.29, 1.82) is 0 Å². The third-order valence-corrected chi connectivity index (χ3v) is 6.74. The van der Waals surface area contributed by atoms with Gasteiger partial charge in [-0.2, -0.15) is 4.98 Å². The molecule has 8 heteroatoms. The van der Waals surface area contributed by atoms with E-state index in [1.807, 2.05) is 17.0 Å². The minimum atomic E-state index is -0.311. The maximum atomic E-state index is 13.4. The summed E-state index contributed by atoms with van der Waals surface area (Å²) in [5.74, 6) is 1.36. The van der Waals surface area contributed by atoms with Gasteiger partial charge in [-0.3, -0.25) is 9.78 Å². The van der Waals surface area contributed by atoms with Gasteiger partial charge in [0.25, 0.3) is 0 Å². The molecule has 33 heavy (non-hydrogen) atoms. The van der Waals surface area contributed by atoms with E-state index >= 15 is 0 Å². The summed E-state index contributed by atoms with van der Waals surface area (Å²) >= 11 is 0. The molecule has 7 nitrogen and oxygen atoms in total. The predicted molar refractivity (Wildman–Crippen MR) is 119 cm³/mol. The summed E-state index contributed by atoms with van der Waals surface area (Å²) in [6.45, 7) is 2.02. The summed E-state index contributed by atoms with van der Waals surface area (Å²) in [5.41, 5.74) is 1.39. The zero-order valence-electron chi connectivity index (χ0n) is 18.5. The van der Waals surface area contributed by atoms with Gasteiger partial charge in [-0.1, -0.05) is 17.3 Å². The minimum Gasteiger partial charge on any atom is -0.375 e. The first-order valence-electron chi connectivity index (χ1n) is 11.5. The van der Waals surface area contributed by atoms with Crippen LogP contribution in [0, 0.1) is 11.7 Å². The van der Waals surface area contributed by atoms with Crippen molar-refractivity contribution >= 4 is 5.91 Å². The lowest BCUT2D eigenvalue weighted by Crippen LogP contribution is -2.51. The number of carbonyl (C=O) groups excluding carboxylic acids is 1. The summed E-state index contributed by atoms with van der Waals surface area (Å²) in [6.07, 6.45) is 7.88. The molecule has 0 aliphatic carbocycles. The Bertz CT molecular complexity index is 1100. The van der Waals surface area contributed by atoms with E-state index in [-0.39, 0.29) is 23.7 Å². The van der Waals surface area contributed by atoms with Gasteiger partial charge in [0, 0.05) is 44.1 Å². The van der Waals surface area contributed by atoms with E-state index in [2.05, 4.69) is 15.1 Å². The van der Waals surface area contributed by atoms with Crippen molar-refractivity contribution in [3.63, 3.8) is 0 Å². The molecule has 2 aliphatic rings. The molecule has 1 aromatic carbocycles. The molecule has 0 radical (unpaired) electrons. The molecular weight excluding hydrogens is 423 g/mol. The van der Waals surface area contributed by atoms with Crippen LogP contribution in [0.1, 0.15) is 37.1 Å². The van der Waals surface area contributed by atoms with Crippen LogP contribution >= 0.6 is 0 Å². The molecule has 4 heterocycles. The van der Waals surface area contributed by atoms with Gasteiger partial charge in [0.1, 0.15) is 5.82 Å². The lowest BCUT2D eigenvalue weighted by Gasteiger charge is -2.46. The Labute approximate surface area is 192 Å². The maximum Gasteiger partial charge on any atom is 0.227 e. The Kier molecular flexibility index (Phi) is 6.17. The number of ether oxygens (including phenoxy) is 1. The highest BCUT2D eigenvalue weighted by Gasteiger charge is 2.41. The van der Waals surface area contributed by atoms with Crippen molar-refractivity contribution in [3.05, 3.63) is 66.1 Å². The second kappa shape index (κ2) is 9.39. The van der Waals surface area contributed by atoms with Gasteiger partial charge < -0.3 is 14.2 Å². The van der Waals surface area contributed by atoms with Gasteiger partial charge in [-0.15, -0.1) is 0 Å². The zero-order chi connectivity index (χ0) is 22.7. The molecule has 1 unspecified atom stereocenters.